The monoisotopic (exact) mass is 372 g/mol. The van der Waals surface area contributed by atoms with Crippen LogP contribution in [0.25, 0.3) is 17.0 Å². The summed E-state index contributed by atoms with van der Waals surface area (Å²) in [6.45, 7) is 0.728. The third-order valence-electron chi connectivity index (χ3n) is 4.42. The molecular weight excluding hydrogens is 356 g/mol. The van der Waals surface area contributed by atoms with Gasteiger partial charge in [0.15, 0.2) is 0 Å². The van der Waals surface area contributed by atoms with E-state index < -0.39 is 0 Å². The molecule has 0 unspecified atom stereocenters. The first-order chi connectivity index (χ1) is 13.2. The summed E-state index contributed by atoms with van der Waals surface area (Å²) >= 11 is 0.932. The minimum absolute atomic E-state index is 0.00221. The second-order valence-electron chi connectivity index (χ2n) is 6.19. The summed E-state index contributed by atoms with van der Waals surface area (Å²) < 4.78 is 2.15. The Hall–Kier alpha value is -3.23. The van der Waals surface area contributed by atoms with Crippen LogP contribution in [0.4, 0.5) is 4.79 Å². The molecule has 0 atom stereocenters. The van der Waals surface area contributed by atoms with Gasteiger partial charge >= 0.3 is 0 Å². The summed E-state index contributed by atoms with van der Waals surface area (Å²) in [7, 11) is 0. The summed E-state index contributed by atoms with van der Waals surface area (Å²) in [6, 6.07) is 18.2. The maximum absolute atomic E-state index is 12.5. The first-order valence-corrected chi connectivity index (χ1v) is 9.29. The molecule has 3 aromatic rings. The number of rotatable bonds is 4. The maximum Gasteiger partial charge on any atom is 0.294 e. The van der Waals surface area contributed by atoms with Crippen molar-refractivity contribution in [1.29, 1.82) is 0 Å². The van der Waals surface area contributed by atoms with Crippen molar-refractivity contribution in [2.45, 2.75) is 6.54 Å². The van der Waals surface area contributed by atoms with Gasteiger partial charge in [0.25, 0.3) is 11.1 Å². The lowest BCUT2D eigenvalue weighted by Gasteiger charge is -2.06. The Labute approximate surface area is 161 Å². The average molecular weight is 372 g/mol. The van der Waals surface area contributed by atoms with Crippen LogP contribution >= 0.6 is 11.8 Å². The van der Waals surface area contributed by atoms with Crippen LogP contribution in [0.15, 0.2) is 65.7 Å². The zero-order valence-electron chi connectivity index (χ0n) is 14.5. The van der Waals surface area contributed by atoms with E-state index in [0.29, 0.717) is 4.91 Å². The molecule has 0 radical (unpaired) electrons. The molecule has 2 amide bonds. The number of amides is 2. The Morgan fingerprint density at radius 2 is 1.78 bits per heavy atom. The van der Waals surface area contributed by atoms with E-state index in [1.807, 2.05) is 42.6 Å². The number of carbonyl (C=O) groups is 2. The number of para-hydroxylation sites is 1. The van der Waals surface area contributed by atoms with E-state index in [0.717, 1.165) is 39.7 Å². The van der Waals surface area contributed by atoms with Gasteiger partial charge in [0.05, 0.1) is 11.4 Å². The lowest BCUT2D eigenvalue weighted by atomic mass is 10.1. The van der Waals surface area contributed by atoms with Gasteiger partial charge in [0.1, 0.15) is 0 Å². The topological polar surface area (TPSA) is 42.3 Å². The molecule has 1 aromatic heterocycles. The van der Waals surface area contributed by atoms with Gasteiger partial charge in [-0.25, -0.2) is 0 Å². The highest BCUT2D eigenvalue weighted by Gasteiger charge is 2.34. The van der Waals surface area contributed by atoms with Gasteiger partial charge in [0, 0.05) is 29.2 Å². The standard InChI is InChI=1S/C22H16N2O2S/c1-2-12-24-21(25)20(27-22(24)26)13-17-15-23(14-16-8-4-3-5-9-16)19-11-7-6-10-18(17)19/h1,3-11,13,15H,12,14H2. The lowest BCUT2D eigenvalue weighted by molar-refractivity contribution is -0.122. The van der Waals surface area contributed by atoms with Crippen molar-refractivity contribution in [2.24, 2.45) is 0 Å². The number of hydrogen-bond acceptors (Lipinski definition) is 3. The fourth-order valence-electron chi connectivity index (χ4n) is 3.17. The highest BCUT2D eigenvalue weighted by atomic mass is 32.2. The van der Waals surface area contributed by atoms with Crippen LogP contribution < -0.4 is 0 Å². The number of imide groups is 1. The summed E-state index contributed by atoms with van der Waals surface area (Å²) in [4.78, 5) is 26.0. The van der Waals surface area contributed by atoms with Gasteiger partial charge in [-0.3, -0.25) is 14.5 Å². The van der Waals surface area contributed by atoms with E-state index in [1.165, 1.54) is 5.56 Å². The van der Waals surface area contributed by atoms with Crippen LogP contribution in [-0.4, -0.2) is 27.2 Å². The van der Waals surface area contributed by atoms with Gasteiger partial charge in [-0.05, 0) is 29.5 Å². The van der Waals surface area contributed by atoms with E-state index in [4.69, 9.17) is 6.42 Å². The van der Waals surface area contributed by atoms with Gasteiger partial charge in [-0.15, -0.1) is 6.42 Å². The Morgan fingerprint density at radius 3 is 2.56 bits per heavy atom. The van der Waals surface area contributed by atoms with Crippen molar-refractivity contribution in [3.8, 4) is 12.3 Å². The van der Waals surface area contributed by atoms with Crippen LogP contribution in [0.3, 0.4) is 0 Å². The number of hydrogen-bond donors (Lipinski definition) is 0. The summed E-state index contributed by atoms with van der Waals surface area (Å²) in [6.07, 6.45) is 9.06. The van der Waals surface area contributed by atoms with Gasteiger partial charge in [0.2, 0.25) is 0 Å². The van der Waals surface area contributed by atoms with Crippen LogP contribution in [0.5, 0.6) is 0 Å². The Bertz CT molecular complexity index is 1110. The van der Waals surface area contributed by atoms with Crippen LogP contribution in [0, 0.1) is 12.3 Å². The van der Waals surface area contributed by atoms with Crippen molar-refractivity contribution in [1.82, 2.24) is 9.47 Å². The smallest absolute Gasteiger partial charge is 0.294 e. The number of benzene rings is 2. The first-order valence-electron chi connectivity index (χ1n) is 8.48. The predicted octanol–water partition coefficient (Wildman–Crippen LogP) is 4.36. The SMILES string of the molecule is C#CCN1C(=O)SC(=Cc2cn(Cc3ccccc3)c3ccccc23)C1=O. The van der Waals surface area contributed by atoms with E-state index >= 15 is 0 Å². The zero-order valence-corrected chi connectivity index (χ0v) is 15.3. The molecule has 2 aromatic carbocycles. The van der Waals surface area contributed by atoms with E-state index in [2.05, 4.69) is 28.7 Å². The largest absolute Gasteiger partial charge is 0.342 e. The fourth-order valence-corrected chi connectivity index (χ4v) is 4.00. The number of thioether (sulfide) groups is 1. The van der Waals surface area contributed by atoms with E-state index in [1.54, 1.807) is 6.08 Å². The molecule has 0 N–H and O–H groups in total. The maximum atomic E-state index is 12.5. The average Bonchev–Trinajstić information content (AvgIpc) is 3.16. The number of terminal acetylenes is 1. The highest BCUT2D eigenvalue weighted by molar-refractivity contribution is 8.18. The molecule has 4 nitrogen and oxygen atoms in total. The van der Waals surface area contributed by atoms with Crippen molar-refractivity contribution in [3.63, 3.8) is 0 Å². The fraction of sp³-hybridized carbons (Fsp3) is 0.0909. The molecule has 132 valence electrons. The molecule has 4 rings (SSSR count). The van der Waals surface area contributed by atoms with E-state index in [-0.39, 0.29) is 17.7 Å². The molecular formula is C22H16N2O2S. The van der Waals surface area contributed by atoms with Crippen LogP contribution in [-0.2, 0) is 11.3 Å². The van der Waals surface area contributed by atoms with Crippen molar-refractivity contribution >= 4 is 39.9 Å². The Balaban J connectivity index is 1.74. The minimum atomic E-state index is -0.331. The molecule has 27 heavy (non-hydrogen) atoms. The lowest BCUT2D eigenvalue weighted by Crippen LogP contribution is -2.28. The molecule has 0 spiro atoms. The zero-order chi connectivity index (χ0) is 18.8. The number of nitrogens with zero attached hydrogens (tertiary/aromatic N) is 2. The van der Waals surface area contributed by atoms with Crippen molar-refractivity contribution in [2.75, 3.05) is 6.54 Å². The predicted molar refractivity (Wildman–Crippen MR) is 109 cm³/mol. The molecule has 0 aliphatic carbocycles. The molecule has 1 fully saturated rings. The summed E-state index contributed by atoms with van der Waals surface area (Å²) in [5.41, 5.74) is 3.18. The highest BCUT2D eigenvalue weighted by Crippen LogP contribution is 2.34. The van der Waals surface area contributed by atoms with Crippen LogP contribution in [0.2, 0.25) is 0 Å². The molecule has 1 aliphatic heterocycles. The molecule has 1 aliphatic rings. The normalized spacial score (nSPS) is 15.7. The summed E-state index contributed by atoms with van der Waals surface area (Å²) in [5.74, 6) is 2.02. The Kier molecular flexibility index (Phi) is 4.57. The Morgan fingerprint density at radius 1 is 1.04 bits per heavy atom. The van der Waals surface area contributed by atoms with Gasteiger partial charge < -0.3 is 4.57 Å². The van der Waals surface area contributed by atoms with Gasteiger partial charge in [-0.1, -0.05) is 54.5 Å². The molecule has 0 bridgehead atoms. The quantitative estimate of drug-likeness (QED) is 0.505. The van der Waals surface area contributed by atoms with Crippen LogP contribution in [0.1, 0.15) is 11.1 Å². The molecule has 0 saturated carbocycles. The third kappa shape index (κ3) is 3.27. The van der Waals surface area contributed by atoms with Gasteiger partial charge in [-0.2, -0.15) is 0 Å². The number of aromatic nitrogens is 1. The molecule has 1 saturated heterocycles. The molecule has 2 heterocycles. The second-order valence-corrected chi connectivity index (χ2v) is 7.18. The summed E-state index contributed by atoms with van der Waals surface area (Å²) in [5, 5.41) is 0.717. The molecule has 5 heteroatoms. The minimum Gasteiger partial charge on any atom is -0.342 e. The number of carbonyl (C=O) groups excluding carboxylic acids is 2. The van der Waals surface area contributed by atoms with Crippen molar-refractivity contribution in [3.05, 3.63) is 76.8 Å². The first kappa shape index (κ1) is 17.2. The third-order valence-corrected chi connectivity index (χ3v) is 5.33. The number of fused-ring (bicyclic) bond motifs is 1. The van der Waals surface area contributed by atoms with Crippen molar-refractivity contribution < 1.29 is 9.59 Å². The second kappa shape index (κ2) is 7.18. The van der Waals surface area contributed by atoms with E-state index in [9.17, 15) is 9.59 Å².